The van der Waals surface area contributed by atoms with Crippen LogP contribution in [0.15, 0.2) is 79.1 Å². The van der Waals surface area contributed by atoms with E-state index in [1.165, 1.54) is 18.2 Å². The first kappa shape index (κ1) is 70.2. The number of pyridine rings is 3. The van der Waals surface area contributed by atoms with Crippen molar-refractivity contribution in [3.63, 3.8) is 0 Å². The monoisotopic (exact) mass is 1310 g/mol. The maximum absolute atomic E-state index is 13.5. The fourth-order valence-electron chi connectivity index (χ4n) is 10.5. The number of nitrogens with zero attached hydrogens (tertiary/aromatic N) is 3. The highest BCUT2D eigenvalue weighted by molar-refractivity contribution is 8.00. The number of anilines is 1. The number of fused-ring (bicyclic) bond motifs is 2. The highest BCUT2D eigenvalue weighted by Gasteiger charge is 2.43. The summed E-state index contributed by atoms with van der Waals surface area (Å²) < 4.78 is 34.2. The van der Waals surface area contributed by atoms with E-state index in [0.29, 0.717) is 78.2 Å². The van der Waals surface area contributed by atoms with Crippen molar-refractivity contribution < 1.29 is 66.8 Å². The van der Waals surface area contributed by atoms with Crippen molar-refractivity contribution in [2.45, 2.75) is 98.9 Å². The molecule has 4 saturated heterocycles. The van der Waals surface area contributed by atoms with Crippen LogP contribution < -0.4 is 57.9 Å². The molecule has 27 nitrogen and oxygen atoms in total. The van der Waals surface area contributed by atoms with Crippen LogP contribution in [-0.4, -0.2) is 214 Å². The molecule has 0 spiro atoms. The van der Waals surface area contributed by atoms with Crippen molar-refractivity contribution in [3.8, 4) is 28.5 Å². The van der Waals surface area contributed by atoms with Gasteiger partial charge in [0.1, 0.15) is 12.4 Å². The predicted octanol–water partition coefficient (Wildman–Crippen LogP) is 3.35. The summed E-state index contributed by atoms with van der Waals surface area (Å²) in [5, 5.41) is 29.4. The highest BCUT2D eigenvalue weighted by Crippen LogP contribution is 2.34. The Morgan fingerprint density at radius 1 is 0.457 bits per heavy atom. The summed E-state index contributed by atoms with van der Waals surface area (Å²) in [5.74, 6) is 0.343. The van der Waals surface area contributed by atoms with Gasteiger partial charge in [0.05, 0.1) is 113 Å². The first-order valence-corrected chi connectivity index (χ1v) is 33.6. The molecule has 4 aliphatic heterocycles. The molecule has 6 atom stereocenters. The van der Waals surface area contributed by atoms with E-state index in [4.69, 9.17) is 33.4 Å². The van der Waals surface area contributed by atoms with Gasteiger partial charge in [0.15, 0.2) is 0 Å². The summed E-state index contributed by atoms with van der Waals surface area (Å²) in [6.45, 7) is 3.76. The van der Waals surface area contributed by atoms with Gasteiger partial charge in [-0.05, 0) is 68.1 Å². The Kier molecular flexibility index (Phi) is 29.8. The van der Waals surface area contributed by atoms with Crippen molar-refractivity contribution in [1.29, 1.82) is 0 Å². The molecule has 0 saturated carbocycles. The number of thioether (sulfide) groups is 2. The number of hydrogen-bond donors (Lipinski definition) is 10. The smallest absolute Gasteiger partial charge is 0.315 e. The van der Waals surface area contributed by atoms with Crippen molar-refractivity contribution in [3.05, 3.63) is 90.3 Å². The molecule has 0 radical (unpaired) electrons. The lowest BCUT2D eigenvalue weighted by atomic mass is 10.0. The second kappa shape index (κ2) is 39.0. The number of unbranched alkanes of at least 4 members (excludes halogenated alkanes) is 2. The minimum atomic E-state index is -0.527. The first-order valence-electron chi connectivity index (χ1n) is 31.5. The van der Waals surface area contributed by atoms with E-state index in [2.05, 4.69) is 63.1 Å². The number of nitrogens with one attached hydrogen (secondary N) is 10. The van der Waals surface area contributed by atoms with Gasteiger partial charge in [-0.25, -0.2) is 14.6 Å². The fourth-order valence-corrected chi connectivity index (χ4v) is 13.6. The summed E-state index contributed by atoms with van der Waals surface area (Å²) in [5.41, 5.74) is 2.97. The molecule has 1 aromatic carbocycles. The van der Waals surface area contributed by atoms with Gasteiger partial charge in [0.25, 0.3) is 11.8 Å². The summed E-state index contributed by atoms with van der Waals surface area (Å²) in [4.78, 5) is 114. The van der Waals surface area contributed by atoms with Crippen LogP contribution >= 0.6 is 23.5 Å². The van der Waals surface area contributed by atoms with Crippen LogP contribution in [0.25, 0.3) is 22.8 Å². The number of rotatable bonds is 43. The summed E-state index contributed by atoms with van der Waals surface area (Å²) in [7, 11) is 0. The number of amides is 10. The van der Waals surface area contributed by atoms with E-state index in [1.807, 2.05) is 59.9 Å². The Morgan fingerprint density at radius 3 is 1.33 bits per heavy atom. The van der Waals surface area contributed by atoms with Crippen LogP contribution in [-0.2, 0) is 42.9 Å². The second-order valence-electron chi connectivity index (χ2n) is 22.1. The van der Waals surface area contributed by atoms with Crippen LogP contribution in [0.4, 0.5) is 15.3 Å². The minimum Gasteiger partial charge on any atom is -0.491 e. The SMILES string of the molecule is O=C(CCCC[C@@H]1SC[C@@H]2NC(=O)N[C@@H]21)NCCOCCOCCNC(=O)c1cc(NC(=O)CCC(=O)NCCOCCOc2cc(-c3ccccn3)nc(-c3ccccn3)c2)cc(C(=O)NCCOCCOCCNC(=O)CCCC[C@@H]2SC[C@@H]3NC(=O)N[C@@H]32)c1. The van der Waals surface area contributed by atoms with Crippen molar-refractivity contribution in [2.24, 2.45) is 0 Å². The lowest BCUT2D eigenvalue weighted by molar-refractivity contribution is -0.124. The van der Waals surface area contributed by atoms with E-state index in [0.717, 1.165) is 50.0 Å². The second-order valence-corrected chi connectivity index (χ2v) is 24.6. The maximum Gasteiger partial charge on any atom is 0.315 e. The molecule has 4 aromatic rings. The van der Waals surface area contributed by atoms with Gasteiger partial charge < -0.3 is 81.6 Å². The van der Waals surface area contributed by atoms with Crippen LogP contribution in [0.1, 0.15) is 84.9 Å². The Balaban J connectivity index is 0.694. The zero-order valence-electron chi connectivity index (χ0n) is 51.6. The number of aromatic nitrogens is 3. The summed E-state index contributed by atoms with van der Waals surface area (Å²) >= 11 is 3.72. The van der Waals surface area contributed by atoms with E-state index >= 15 is 0 Å². The molecule has 10 N–H and O–H groups in total. The lowest BCUT2D eigenvalue weighted by Crippen LogP contribution is -2.36. The molecule has 7 heterocycles. The maximum atomic E-state index is 13.5. The van der Waals surface area contributed by atoms with Gasteiger partial charge in [-0.3, -0.25) is 38.7 Å². The van der Waals surface area contributed by atoms with Crippen molar-refractivity contribution in [2.75, 3.05) is 122 Å². The zero-order valence-corrected chi connectivity index (χ0v) is 53.3. The van der Waals surface area contributed by atoms with Gasteiger partial charge in [-0.1, -0.05) is 25.0 Å². The number of ether oxygens (including phenoxy) is 6. The molecule has 3 aromatic heterocycles. The van der Waals surface area contributed by atoms with Gasteiger partial charge in [-0.15, -0.1) is 0 Å². The number of urea groups is 2. The molecule has 4 aliphatic rings. The predicted molar refractivity (Wildman–Crippen MR) is 346 cm³/mol. The molecular weight excluding hydrogens is 1230 g/mol. The standard InChI is InChI=1S/C63H85N13O14S2/c77-54(13-3-1-11-52-58-50(40-91-52)73-62(83)75-58)66-19-24-85-29-31-87-27-22-69-60(81)42-35-43(61(82)70-23-28-88-32-30-86-25-20-67-55(78)14-4-2-12-53-59-51(41-92-53)74-63(84)76-59)37-44(36-42)71-57(80)16-15-56(79)68-21-26-89-33-34-90-45-38-48(46-9-5-7-17-64-46)72-49(39-45)47-10-6-8-18-65-47/h5-10,17-18,35-39,50-53,58-59H,1-4,11-16,19-34,40-41H2,(H,66,77)(H,67,78)(H,68,79)(H,69,81)(H,70,82)(H,71,80)(H2,73,75,83)(H2,74,76,84)/t50-,51-,52-,53-,58-,59-/m0/s1. The Morgan fingerprint density at radius 2 is 0.880 bits per heavy atom. The average molecular weight is 1310 g/mol. The minimum absolute atomic E-state index is 0.0418. The van der Waals surface area contributed by atoms with Crippen LogP contribution in [0.5, 0.6) is 5.75 Å². The van der Waals surface area contributed by atoms with Gasteiger partial charge in [-0.2, -0.15) is 23.5 Å². The third-order valence-electron chi connectivity index (χ3n) is 15.1. The summed E-state index contributed by atoms with van der Waals surface area (Å²) in [6, 6.07) is 19.5. The molecule has 498 valence electrons. The number of hydrogen-bond acceptors (Lipinski definition) is 19. The van der Waals surface area contributed by atoms with Gasteiger partial charge in [0, 0.05) is 122 Å². The third-order valence-corrected chi connectivity index (χ3v) is 18.2. The number of carbonyl (C=O) groups excluding carboxylic acids is 8. The summed E-state index contributed by atoms with van der Waals surface area (Å²) in [6.07, 6.45) is 9.12. The Labute approximate surface area is 543 Å². The largest absolute Gasteiger partial charge is 0.491 e. The third kappa shape index (κ3) is 24.4. The van der Waals surface area contributed by atoms with E-state index in [1.54, 1.807) is 24.5 Å². The van der Waals surface area contributed by atoms with Crippen LogP contribution in [0.3, 0.4) is 0 Å². The van der Waals surface area contributed by atoms with Crippen LogP contribution in [0, 0.1) is 0 Å². The molecule has 4 fully saturated rings. The Bertz CT molecular complexity index is 2870. The molecule has 8 rings (SSSR count). The Hall–Kier alpha value is -7.67. The van der Waals surface area contributed by atoms with Crippen molar-refractivity contribution >= 4 is 76.7 Å². The number of carbonyl (C=O) groups is 8. The molecule has 10 amide bonds. The highest BCUT2D eigenvalue weighted by atomic mass is 32.2. The number of benzene rings is 1. The first-order chi connectivity index (χ1) is 44.9. The van der Waals surface area contributed by atoms with Crippen molar-refractivity contribution in [1.82, 2.24) is 62.8 Å². The molecular formula is C63H85N13O14S2. The van der Waals surface area contributed by atoms with Gasteiger partial charge in [0.2, 0.25) is 23.6 Å². The van der Waals surface area contributed by atoms with Gasteiger partial charge >= 0.3 is 12.1 Å². The zero-order chi connectivity index (χ0) is 64.5. The van der Waals surface area contributed by atoms with E-state index in [-0.39, 0.29) is 163 Å². The normalized spacial score (nSPS) is 18.5. The molecule has 0 aliphatic carbocycles. The molecule has 92 heavy (non-hydrogen) atoms. The lowest BCUT2D eigenvalue weighted by Gasteiger charge is -2.16. The van der Waals surface area contributed by atoms with E-state index < -0.39 is 17.7 Å². The quantitative estimate of drug-likeness (QED) is 0.0224. The topological polar surface area (TPSA) is 351 Å². The fraction of sp³-hybridized carbons (Fsp3) is 0.540. The van der Waals surface area contributed by atoms with E-state index in [9.17, 15) is 38.4 Å². The average Bonchev–Trinajstić information content (AvgIpc) is 1.77. The molecule has 29 heteroatoms. The molecule has 0 unspecified atom stereocenters. The molecule has 0 bridgehead atoms. The van der Waals surface area contributed by atoms with Crippen LogP contribution in [0.2, 0.25) is 0 Å².